The summed E-state index contributed by atoms with van der Waals surface area (Å²) in [4.78, 5) is 7.48. The standard InChI is InChI=1S/C23H29NOS/c1-8-18(9-2)25-19-12-16(6)24-22-21(19)17(7)26-23(22)20-14(4)10-13(3)11-15(20)5/h10-12,18H,8-9H2,1-7H3. The smallest absolute Gasteiger partial charge is 0.132 e. The number of hydrogen-bond donors (Lipinski definition) is 0. The lowest BCUT2D eigenvalue weighted by Crippen LogP contribution is -2.14. The van der Waals surface area contributed by atoms with E-state index in [-0.39, 0.29) is 6.10 Å². The second-order valence-electron chi connectivity index (χ2n) is 7.30. The van der Waals surface area contributed by atoms with Crippen molar-refractivity contribution >= 4 is 22.2 Å². The van der Waals surface area contributed by atoms with Gasteiger partial charge in [-0.2, -0.15) is 0 Å². The fraction of sp³-hybridized carbons (Fsp3) is 0.435. The number of aromatic nitrogens is 1. The highest BCUT2D eigenvalue weighted by Gasteiger charge is 2.20. The van der Waals surface area contributed by atoms with Gasteiger partial charge in [0.1, 0.15) is 5.75 Å². The molecule has 0 N–H and O–H groups in total. The lowest BCUT2D eigenvalue weighted by atomic mass is 9.97. The Morgan fingerprint density at radius 1 is 0.962 bits per heavy atom. The van der Waals surface area contributed by atoms with Gasteiger partial charge in [-0.05, 0) is 64.2 Å². The van der Waals surface area contributed by atoms with Crippen LogP contribution in [0.15, 0.2) is 18.2 Å². The van der Waals surface area contributed by atoms with E-state index < -0.39 is 0 Å². The average Bonchev–Trinajstić information content (AvgIpc) is 2.88. The highest BCUT2D eigenvalue weighted by atomic mass is 32.1. The first-order valence-electron chi connectivity index (χ1n) is 9.51. The Hall–Kier alpha value is -1.87. The molecule has 0 spiro atoms. The molecule has 2 aromatic heterocycles. The molecule has 3 aromatic rings. The number of rotatable bonds is 5. The van der Waals surface area contributed by atoms with Crippen LogP contribution >= 0.6 is 11.3 Å². The molecule has 138 valence electrons. The van der Waals surface area contributed by atoms with Crippen LogP contribution in [0.1, 0.15) is 54.0 Å². The van der Waals surface area contributed by atoms with E-state index in [0.717, 1.165) is 29.8 Å². The Bertz CT molecular complexity index is 927. The first-order valence-corrected chi connectivity index (χ1v) is 10.3. The van der Waals surface area contributed by atoms with Crippen molar-refractivity contribution in [2.75, 3.05) is 0 Å². The molecule has 0 saturated heterocycles. The fourth-order valence-corrected chi connectivity index (χ4v) is 5.11. The molecule has 0 saturated carbocycles. The van der Waals surface area contributed by atoms with Gasteiger partial charge in [0.05, 0.1) is 21.9 Å². The minimum Gasteiger partial charge on any atom is -0.490 e. The number of nitrogens with zero attached hydrogens (tertiary/aromatic N) is 1. The Morgan fingerprint density at radius 2 is 1.58 bits per heavy atom. The minimum atomic E-state index is 0.255. The summed E-state index contributed by atoms with van der Waals surface area (Å²) in [7, 11) is 0. The third-order valence-corrected chi connectivity index (χ3v) is 6.15. The number of hydrogen-bond acceptors (Lipinski definition) is 3. The second-order valence-corrected chi connectivity index (χ2v) is 8.53. The van der Waals surface area contributed by atoms with Gasteiger partial charge in [0.2, 0.25) is 0 Å². The summed E-state index contributed by atoms with van der Waals surface area (Å²) in [5, 5.41) is 1.18. The maximum atomic E-state index is 6.38. The van der Waals surface area contributed by atoms with Crippen LogP contribution in [-0.4, -0.2) is 11.1 Å². The molecule has 3 rings (SSSR count). The number of thiophene rings is 1. The monoisotopic (exact) mass is 367 g/mol. The van der Waals surface area contributed by atoms with Crippen LogP contribution in [0.2, 0.25) is 0 Å². The molecule has 0 atom stereocenters. The Morgan fingerprint density at radius 3 is 2.15 bits per heavy atom. The maximum absolute atomic E-state index is 6.38. The van der Waals surface area contributed by atoms with Crippen molar-refractivity contribution in [1.29, 1.82) is 0 Å². The van der Waals surface area contributed by atoms with E-state index in [1.54, 1.807) is 0 Å². The van der Waals surface area contributed by atoms with Crippen molar-refractivity contribution in [2.45, 2.75) is 67.4 Å². The average molecular weight is 368 g/mol. The van der Waals surface area contributed by atoms with Crippen molar-refractivity contribution in [3.63, 3.8) is 0 Å². The van der Waals surface area contributed by atoms with E-state index in [0.29, 0.717) is 0 Å². The number of fused-ring (bicyclic) bond motifs is 1. The van der Waals surface area contributed by atoms with E-state index in [4.69, 9.17) is 9.72 Å². The highest BCUT2D eigenvalue weighted by molar-refractivity contribution is 7.17. The predicted octanol–water partition coefficient (Wildman–Crippen LogP) is 7.07. The van der Waals surface area contributed by atoms with Crippen molar-refractivity contribution in [2.24, 2.45) is 0 Å². The van der Waals surface area contributed by atoms with Gasteiger partial charge in [-0.1, -0.05) is 31.5 Å². The van der Waals surface area contributed by atoms with Crippen molar-refractivity contribution in [3.8, 4) is 16.2 Å². The Labute approximate surface area is 161 Å². The van der Waals surface area contributed by atoms with E-state index in [1.807, 2.05) is 11.3 Å². The molecule has 0 unspecified atom stereocenters. The molecule has 26 heavy (non-hydrogen) atoms. The highest BCUT2D eigenvalue weighted by Crippen LogP contribution is 2.44. The number of pyridine rings is 1. The first-order chi connectivity index (χ1) is 12.3. The van der Waals surface area contributed by atoms with Gasteiger partial charge in [0.15, 0.2) is 0 Å². The number of aryl methyl sites for hydroxylation is 5. The predicted molar refractivity (Wildman–Crippen MR) is 114 cm³/mol. The lowest BCUT2D eigenvalue weighted by Gasteiger charge is -2.17. The Kier molecular flexibility index (Phi) is 5.38. The quantitative estimate of drug-likeness (QED) is 0.481. The third kappa shape index (κ3) is 3.37. The van der Waals surface area contributed by atoms with Gasteiger partial charge in [-0.15, -0.1) is 11.3 Å². The normalized spacial score (nSPS) is 11.5. The van der Waals surface area contributed by atoms with Gasteiger partial charge in [-0.25, -0.2) is 0 Å². The van der Waals surface area contributed by atoms with Gasteiger partial charge in [0.25, 0.3) is 0 Å². The third-order valence-electron chi connectivity index (χ3n) is 5.04. The van der Waals surface area contributed by atoms with Crippen LogP contribution in [0.4, 0.5) is 0 Å². The van der Waals surface area contributed by atoms with Crippen molar-refractivity contribution in [1.82, 2.24) is 4.98 Å². The summed E-state index contributed by atoms with van der Waals surface area (Å²) >= 11 is 1.84. The van der Waals surface area contributed by atoms with Crippen LogP contribution in [0.5, 0.6) is 5.75 Å². The molecule has 2 heterocycles. The molecule has 0 aliphatic heterocycles. The maximum Gasteiger partial charge on any atom is 0.132 e. The SMILES string of the molecule is CCC(CC)Oc1cc(C)nc2c(-c3c(C)cc(C)cc3C)sc(C)c12. The summed E-state index contributed by atoms with van der Waals surface area (Å²) in [6, 6.07) is 6.63. The summed E-state index contributed by atoms with van der Waals surface area (Å²) < 4.78 is 6.38. The van der Waals surface area contributed by atoms with Crippen LogP contribution in [-0.2, 0) is 0 Å². The van der Waals surface area contributed by atoms with Crippen molar-refractivity contribution < 1.29 is 4.74 Å². The molecule has 0 radical (unpaired) electrons. The fourth-order valence-electron chi connectivity index (χ4n) is 3.84. The zero-order chi connectivity index (χ0) is 19.0. The molecular formula is C23H29NOS. The molecule has 0 fully saturated rings. The summed E-state index contributed by atoms with van der Waals surface area (Å²) in [6.07, 6.45) is 2.29. The van der Waals surface area contributed by atoms with Gasteiger partial charge >= 0.3 is 0 Å². The number of ether oxygens (including phenoxy) is 1. The van der Waals surface area contributed by atoms with Crippen LogP contribution in [0.3, 0.4) is 0 Å². The molecular weight excluding hydrogens is 338 g/mol. The van der Waals surface area contributed by atoms with E-state index in [9.17, 15) is 0 Å². The molecule has 2 nitrogen and oxygen atoms in total. The molecule has 0 bridgehead atoms. The van der Waals surface area contributed by atoms with E-state index in [2.05, 4.69) is 66.7 Å². The summed E-state index contributed by atoms with van der Waals surface area (Å²) in [5.41, 5.74) is 7.37. The second kappa shape index (κ2) is 7.40. The van der Waals surface area contributed by atoms with Gasteiger partial charge in [-0.3, -0.25) is 4.98 Å². The first kappa shape index (κ1) is 18.9. The summed E-state index contributed by atoms with van der Waals surface area (Å²) in [6.45, 7) is 15.2. The van der Waals surface area contributed by atoms with E-state index >= 15 is 0 Å². The largest absolute Gasteiger partial charge is 0.490 e. The molecule has 0 aliphatic rings. The minimum absolute atomic E-state index is 0.255. The molecule has 0 aliphatic carbocycles. The van der Waals surface area contributed by atoms with Gasteiger partial charge in [0, 0.05) is 16.6 Å². The Balaban J connectivity index is 2.26. The van der Waals surface area contributed by atoms with Crippen molar-refractivity contribution in [3.05, 3.63) is 45.5 Å². The molecule has 3 heteroatoms. The van der Waals surface area contributed by atoms with Gasteiger partial charge < -0.3 is 4.74 Å². The lowest BCUT2D eigenvalue weighted by molar-refractivity contribution is 0.195. The zero-order valence-corrected chi connectivity index (χ0v) is 17.8. The van der Waals surface area contributed by atoms with Crippen LogP contribution in [0, 0.1) is 34.6 Å². The topological polar surface area (TPSA) is 22.1 Å². The van der Waals surface area contributed by atoms with E-state index in [1.165, 1.54) is 37.4 Å². The molecule has 0 amide bonds. The zero-order valence-electron chi connectivity index (χ0n) is 17.0. The molecule has 1 aromatic carbocycles. The number of benzene rings is 1. The van der Waals surface area contributed by atoms with Crippen LogP contribution in [0.25, 0.3) is 21.3 Å². The van der Waals surface area contributed by atoms with Crippen LogP contribution < -0.4 is 4.74 Å². The summed E-state index contributed by atoms with van der Waals surface area (Å²) in [5.74, 6) is 0.989.